The molecule has 1 heterocycles. The van der Waals surface area contributed by atoms with E-state index in [1.807, 2.05) is 0 Å². The molecule has 18 heavy (non-hydrogen) atoms. The summed E-state index contributed by atoms with van der Waals surface area (Å²) in [5.74, 6) is -1.12. The maximum atomic E-state index is 11.7. The number of aromatic amines is 1. The van der Waals surface area contributed by atoms with Gasteiger partial charge in [0.05, 0.1) is 17.9 Å². The summed E-state index contributed by atoms with van der Waals surface area (Å²) in [6.45, 7) is 0.181. The lowest BCUT2D eigenvalue weighted by molar-refractivity contribution is -0.150. The zero-order valence-electron chi connectivity index (χ0n) is 10.1. The van der Waals surface area contributed by atoms with Crippen LogP contribution in [0, 0.1) is 5.41 Å². The van der Waals surface area contributed by atoms with Crippen LogP contribution in [0.15, 0.2) is 12.5 Å². The highest BCUT2D eigenvalue weighted by molar-refractivity contribution is 5.92. The molecule has 1 aliphatic carbocycles. The summed E-state index contributed by atoms with van der Waals surface area (Å²) in [5, 5.41) is 12.0. The normalized spacial score (nSPS) is 18.2. The van der Waals surface area contributed by atoms with Crippen LogP contribution >= 0.6 is 0 Å². The zero-order chi connectivity index (χ0) is 13.0. The molecule has 1 amide bonds. The quantitative estimate of drug-likeness (QED) is 0.748. The molecular weight excluding hydrogens is 234 g/mol. The van der Waals surface area contributed by atoms with E-state index in [0.29, 0.717) is 18.5 Å². The maximum Gasteiger partial charge on any atom is 0.311 e. The molecule has 2 rings (SSSR count). The van der Waals surface area contributed by atoms with Gasteiger partial charge < -0.3 is 15.4 Å². The second-order valence-corrected chi connectivity index (χ2v) is 4.79. The first kappa shape index (κ1) is 12.6. The van der Waals surface area contributed by atoms with Crippen LogP contribution < -0.4 is 5.32 Å². The molecule has 0 bridgehead atoms. The first-order valence-electron chi connectivity index (χ1n) is 6.14. The molecule has 6 heteroatoms. The van der Waals surface area contributed by atoms with Gasteiger partial charge in [-0.25, -0.2) is 4.98 Å². The number of amides is 1. The van der Waals surface area contributed by atoms with Crippen molar-refractivity contribution in [2.45, 2.75) is 32.1 Å². The standard InChI is InChI=1S/C12H17N3O3/c16-10(9-6-13-8-15-9)14-7-12(11(17)18)4-2-1-3-5-12/h6,8H,1-5,7H2,(H,13,15)(H,14,16)(H,17,18). The fourth-order valence-corrected chi connectivity index (χ4v) is 2.42. The molecule has 1 fully saturated rings. The lowest BCUT2D eigenvalue weighted by Gasteiger charge is -2.33. The van der Waals surface area contributed by atoms with E-state index >= 15 is 0 Å². The van der Waals surface area contributed by atoms with Crippen molar-refractivity contribution in [3.05, 3.63) is 18.2 Å². The second-order valence-electron chi connectivity index (χ2n) is 4.79. The molecule has 1 aliphatic rings. The van der Waals surface area contributed by atoms with Gasteiger partial charge in [-0.3, -0.25) is 9.59 Å². The summed E-state index contributed by atoms with van der Waals surface area (Å²) >= 11 is 0. The van der Waals surface area contributed by atoms with Crippen molar-refractivity contribution < 1.29 is 14.7 Å². The number of rotatable bonds is 4. The van der Waals surface area contributed by atoms with Crippen molar-refractivity contribution in [1.29, 1.82) is 0 Å². The van der Waals surface area contributed by atoms with E-state index in [1.165, 1.54) is 12.5 Å². The third-order valence-corrected chi connectivity index (χ3v) is 3.59. The summed E-state index contributed by atoms with van der Waals surface area (Å²) in [5.41, 5.74) is -0.445. The average molecular weight is 251 g/mol. The number of aromatic nitrogens is 2. The van der Waals surface area contributed by atoms with Crippen LogP contribution in [0.1, 0.15) is 42.6 Å². The van der Waals surface area contributed by atoms with Gasteiger partial charge in [0.1, 0.15) is 5.69 Å². The molecule has 98 valence electrons. The van der Waals surface area contributed by atoms with E-state index in [9.17, 15) is 14.7 Å². The van der Waals surface area contributed by atoms with Crippen molar-refractivity contribution in [2.75, 3.05) is 6.54 Å². The number of aliphatic carboxylic acids is 1. The van der Waals surface area contributed by atoms with Gasteiger partial charge in [-0.15, -0.1) is 0 Å². The van der Waals surface area contributed by atoms with E-state index in [4.69, 9.17) is 0 Å². The number of hydrogen-bond donors (Lipinski definition) is 3. The van der Waals surface area contributed by atoms with E-state index in [2.05, 4.69) is 15.3 Å². The molecule has 0 aromatic carbocycles. The van der Waals surface area contributed by atoms with E-state index < -0.39 is 11.4 Å². The molecule has 0 unspecified atom stereocenters. The number of H-pyrrole nitrogens is 1. The van der Waals surface area contributed by atoms with Gasteiger partial charge in [0.15, 0.2) is 0 Å². The van der Waals surface area contributed by atoms with Crippen LogP contribution in [-0.2, 0) is 4.79 Å². The van der Waals surface area contributed by atoms with Gasteiger partial charge in [0, 0.05) is 6.54 Å². The third-order valence-electron chi connectivity index (χ3n) is 3.59. The number of nitrogens with zero attached hydrogens (tertiary/aromatic N) is 1. The SMILES string of the molecule is O=C(NCC1(C(=O)O)CCCCC1)c1cnc[nH]1. The van der Waals surface area contributed by atoms with Gasteiger partial charge in [-0.05, 0) is 12.8 Å². The monoisotopic (exact) mass is 251 g/mol. The minimum absolute atomic E-state index is 0.181. The van der Waals surface area contributed by atoms with E-state index in [1.54, 1.807) is 0 Å². The Kier molecular flexibility index (Phi) is 3.64. The summed E-state index contributed by atoms with van der Waals surface area (Å²) < 4.78 is 0. The Hall–Kier alpha value is -1.85. The number of carbonyl (C=O) groups excluding carboxylic acids is 1. The maximum absolute atomic E-state index is 11.7. The van der Waals surface area contributed by atoms with Gasteiger partial charge in [0.2, 0.25) is 0 Å². The number of carboxylic acid groups (broad SMARTS) is 1. The molecule has 1 saturated carbocycles. The Morgan fingerprint density at radius 2 is 2.11 bits per heavy atom. The smallest absolute Gasteiger partial charge is 0.311 e. The van der Waals surface area contributed by atoms with Crippen LogP contribution in [0.5, 0.6) is 0 Å². The average Bonchev–Trinajstić information content (AvgIpc) is 2.91. The van der Waals surface area contributed by atoms with Crippen molar-refractivity contribution in [2.24, 2.45) is 5.41 Å². The highest BCUT2D eigenvalue weighted by Gasteiger charge is 2.39. The largest absolute Gasteiger partial charge is 0.481 e. The molecule has 0 atom stereocenters. The van der Waals surface area contributed by atoms with Crippen molar-refractivity contribution in [3.8, 4) is 0 Å². The van der Waals surface area contributed by atoms with Gasteiger partial charge in [-0.1, -0.05) is 19.3 Å². The fourth-order valence-electron chi connectivity index (χ4n) is 2.42. The number of imidazole rings is 1. The van der Waals surface area contributed by atoms with Gasteiger partial charge in [0.25, 0.3) is 5.91 Å². The number of hydrogen-bond acceptors (Lipinski definition) is 3. The Morgan fingerprint density at radius 3 is 2.67 bits per heavy atom. The Morgan fingerprint density at radius 1 is 1.39 bits per heavy atom. The van der Waals surface area contributed by atoms with E-state index in [0.717, 1.165) is 19.3 Å². The van der Waals surface area contributed by atoms with Crippen LogP contribution in [0.3, 0.4) is 0 Å². The number of carboxylic acids is 1. The highest BCUT2D eigenvalue weighted by Crippen LogP contribution is 2.36. The minimum atomic E-state index is -0.813. The highest BCUT2D eigenvalue weighted by atomic mass is 16.4. The molecule has 0 aliphatic heterocycles. The lowest BCUT2D eigenvalue weighted by atomic mass is 9.74. The third kappa shape index (κ3) is 2.52. The van der Waals surface area contributed by atoms with Crippen molar-refractivity contribution in [1.82, 2.24) is 15.3 Å². The molecule has 0 spiro atoms. The first-order chi connectivity index (χ1) is 8.64. The Balaban J connectivity index is 1.98. The molecule has 3 N–H and O–H groups in total. The summed E-state index contributed by atoms with van der Waals surface area (Å²) in [6, 6.07) is 0. The molecule has 0 saturated heterocycles. The zero-order valence-corrected chi connectivity index (χ0v) is 10.1. The first-order valence-corrected chi connectivity index (χ1v) is 6.14. The number of nitrogens with one attached hydrogen (secondary N) is 2. The van der Waals surface area contributed by atoms with Crippen LogP contribution in [0.4, 0.5) is 0 Å². The van der Waals surface area contributed by atoms with Crippen molar-refractivity contribution in [3.63, 3.8) is 0 Å². The Labute approximate surface area is 105 Å². The predicted molar refractivity (Wildman–Crippen MR) is 64.1 cm³/mol. The fraction of sp³-hybridized carbons (Fsp3) is 0.583. The number of carbonyl (C=O) groups is 2. The summed E-state index contributed by atoms with van der Waals surface area (Å²) in [4.78, 5) is 29.6. The summed E-state index contributed by atoms with van der Waals surface area (Å²) in [6.07, 6.45) is 6.99. The summed E-state index contributed by atoms with van der Waals surface area (Å²) in [7, 11) is 0. The molecule has 0 radical (unpaired) electrons. The topological polar surface area (TPSA) is 95.1 Å². The van der Waals surface area contributed by atoms with Crippen LogP contribution in [-0.4, -0.2) is 33.5 Å². The van der Waals surface area contributed by atoms with Gasteiger partial charge in [-0.2, -0.15) is 0 Å². The predicted octanol–water partition coefficient (Wildman–Crippen LogP) is 1.17. The lowest BCUT2D eigenvalue weighted by Crippen LogP contribution is -2.44. The van der Waals surface area contributed by atoms with Gasteiger partial charge >= 0.3 is 5.97 Å². The Bertz CT molecular complexity index is 422. The molecule has 1 aromatic heterocycles. The van der Waals surface area contributed by atoms with Crippen molar-refractivity contribution >= 4 is 11.9 Å². The second kappa shape index (κ2) is 5.20. The minimum Gasteiger partial charge on any atom is -0.481 e. The van der Waals surface area contributed by atoms with Crippen LogP contribution in [0.2, 0.25) is 0 Å². The molecular formula is C12H17N3O3. The molecule has 6 nitrogen and oxygen atoms in total. The van der Waals surface area contributed by atoms with Crippen LogP contribution in [0.25, 0.3) is 0 Å². The molecule has 1 aromatic rings. The van der Waals surface area contributed by atoms with E-state index in [-0.39, 0.29) is 12.5 Å².